The van der Waals surface area contributed by atoms with E-state index in [0.29, 0.717) is 18.1 Å². The highest BCUT2D eigenvalue weighted by Gasteiger charge is 2.01. The summed E-state index contributed by atoms with van der Waals surface area (Å²) in [5.74, 6) is 0.592. The van der Waals surface area contributed by atoms with Crippen LogP contribution in [0, 0.1) is 0 Å². The van der Waals surface area contributed by atoms with Gasteiger partial charge in [-0.15, -0.1) is 0 Å². The minimum Gasteiger partial charge on any atom is -0.469 e. The van der Waals surface area contributed by atoms with Gasteiger partial charge in [-0.25, -0.2) is 4.98 Å². The van der Waals surface area contributed by atoms with E-state index in [1.54, 1.807) is 12.1 Å². The molecule has 0 aliphatic heterocycles. The minimum atomic E-state index is -0.272. The highest BCUT2D eigenvalue weighted by atomic mass is 16.5. The molecular formula is C9H14N4O2. The molecule has 0 spiro atoms. The average Bonchev–Trinajstić information content (AvgIpc) is 2.23. The van der Waals surface area contributed by atoms with Crippen LogP contribution in [0.3, 0.4) is 0 Å². The molecule has 0 saturated carbocycles. The zero-order chi connectivity index (χ0) is 11.3. The molecule has 6 heteroatoms. The van der Waals surface area contributed by atoms with Crippen LogP contribution in [0.2, 0.25) is 0 Å². The third-order valence-corrected chi connectivity index (χ3v) is 1.82. The van der Waals surface area contributed by atoms with Crippen LogP contribution in [-0.4, -0.2) is 24.6 Å². The maximum absolute atomic E-state index is 10.8. The molecule has 15 heavy (non-hydrogen) atoms. The summed E-state index contributed by atoms with van der Waals surface area (Å²) < 4.78 is 4.49. The number of pyridine rings is 1. The van der Waals surface area contributed by atoms with Crippen molar-refractivity contribution in [3.8, 4) is 0 Å². The van der Waals surface area contributed by atoms with Crippen LogP contribution in [0.4, 0.5) is 17.3 Å². The van der Waals surface area contributed by atoms with Gasteiger partial charge in [0.2, 0.25) is 0 Å². The largest absolute Gasteiger partial charge is 0.469 e. The maximum atomic E-state index is 10.8. The Hall–Kier alpha value is -1.98. The number of anilines is 3. The Bertz CT molecular complexity index is 354. The number of nitrogens with two attached hydrogens (primary N) is 2. The first-order valence-corrected chi connectivity index (χ1v) is 4.46. The van der Waals surface area contributed by atoms with Gasteiger partial charge in [0, 0.05) is 6.54 Å². The van der Waals surface area contributed by atoms with Crippen LogP contribution >= 0.6 is 0 Å². The van der Waals surface area contributed by atoms with Crippen molar-refractivity contribution in [1.29, 1.82) is 0 Å². The van der Waals surface area contributed by atoms with E-state index in [0.717, 1.165) is 0 Å². The number of ether oxygens (including phenoxy) is 1. The number of nitrogens with zero attached hydrogens (tertiary/aromatic N) is 1. The van der Waals surface area contributed by atoms with Gasteiger partial charge in [0.1, 0.15) is 11.6 Å². The summed E-state index contributed by atoms with van der Waals surface area (Å²) >= 11 is 0. The van der Waals surface area contributed by atoms with E-state index in [1.165, 1.54) is 7.11 Å². The van der Waals surface area contributed by atoms with Gasteiger partial charge in [0.15, 0.2) is 0 Å². The molecule has 0 fully saturated rings. The van der Waals surface area contributed by atoms with Gasteiger partial charge in [-0.2, -0.15) is 0 Å². The molecule has 82 valence electrons. The van der Waals surface area contributed by atoms with Gasteiger partial charge < -0.3 is 21.5 Å². The van der Waals surface area contributed by atoms with E-state index in [9.17, 15) is 4.79 Å². The molecule has 0 aliphatic rings. The molecular weight excluding hydrogens is 196 g/mol. The van der Waals surface area contributed by atoms with Crippen LogP contribution in [0.1, 0.15) is 6.42 Å². The van der Waals surface area contributed by atoms with E-state index in [-0.39, 0.29) is 18.2 Å². The molecule has 1 heterocycles. The fourth-order valence-electron chi connectivity index (χ4n) is 0.979. The van der Waals surface area contributed by atoms with Gasteiger partial charge >= 0.3 is 5.97 Å². The summed E-state index contributed by atoms with van der Waals surface area (Å²) in [6, 6.07) is 3.35. The summed E-state index contributed by atoms with van der Waals surface area (Å²) in [6.07, 6.45) is 0.280. The number of carbonyl (C=O) groups is 1. The van der Waals surface area contributed by atoms with Gasteiger partial charge in [0.25, 0.3) is 0 Å². The van der Waals surface area contributed by atoms with Crippen LogP contribution in [0.25, 0.3) is 0 Å². The van der Waals surface area contributed by atoms with Gasteiger partial charge in [-0.05, 0) is 12.1 Å². The molecule has 0 atom stereocenters. The first-order chi connectivity index (χ1) is 7.13. The molecule has 0 aromatic carbocycles. The number of methoxy groups -OCH3 is 1. The number of rotatable bonds is 4. The lowest BCUT2D eigenvalue weighted by Crippen LogP contribution is -2.11. The van der Waals surface area contributed by atoms with E-state index >= 15 is 0 Å². The second kappa shape index (κ2) is 5.04. The van der Waals surface area contributed by atoms with Crippen molar-refractivity contribution < 1.29 is 9.53 Å². The van der Waals surface area contributed by atoms with Gasteiger partial charge in [-0.1, -0.05) is 0 Å². The quantitative estimate of drug-likeness (QED) is 0.614. The van der Waals surface area contributed by atoms with E-state index in [1.807, 2.05) is 0 Å². The molecule has 1 aromatic heterocycles. The zero-order valence-corrected chi connectivity index (χ0v) is 8.49. The summed E-state index contributed by atoms with van der Waals surface area (Å²) in [5.41, 5.74) is 11.4. The van der Waals surface area contributed by atoms with Gasteiger partial charge in [-0.3, -0.25) is 4.79 Å². The van der Waals surface area contributed by atoms with Crippen molar-refractivity contribution >= 4 is 23.3 Å². The maximum Gasteiger partial charge on any atom is 0.307 e. The van der Waals surface area contributed by atoms with E-state index in [2.05, 4.69) is 15.0 Å². The highest BCUT2D eigenvalue weighted by Crippen LogP contribution is 2.14. The molecule has 0 saturated heterocycles. The fraction of sp³-hybridized carbons (Fsp3) is 0.333. The lowest BCUT2D eigenvalue weighted by atomic mass is 10.3. The van der Waals surface area contributed by atoms with Crippen molar-refractivity contribution in [1.82, 2.24) is 4.98 Å². The van der Waals surface area contributed by atoms with Crippen molar-refractivity contribution in [2.24, 2.45) is 0 Å². The van der Waals surface area contributed by atoms with Crippen LogP contribution in [-0.2, 0) is 9.53 Å². The van der Waals surface area contributed by atoms with E-state index < -0.39 is 0 Å². The number of nitrogen functional groups attached to an aromatic ring is 2. The average molecular weight is 210 g/mol. The third kappa shape index (κ3) is 3.34. The standard InChI is InChI=1S/C9H14N4O2/c1-15-8(14)4-5-12-7-3-2-6(10)9(11)13-7/h2-3H,4-5,10H2,1H3,(H3,11,12,13). The number of nitrogens with one attached hydrogen (secondary N) is 1. The Morgan fingerprint density at radius 2 is 2.27 bits per heavy atom. The Kier molecular flexibility index (Phi) is 3.73. The van der Waals surface area contributed by atoms with Crippen molar-refractivity contribution in [2.45, 2.75) is 6.42 Å². The third-order valence-electron chi connectivity index (χ3n) is 1.82. The summed E-state index contributed by atoms with van der Waals surface area (Å²) in [6.45, 7) is 0.447. The Morgan fingerprint density at radius 3 is 2.87 bits per heavy atom. The van der Waals surface area contributed by atoms with E-state index in [4.69, 9.17) is 11.5 Å². The molecule has 0 aliphatic carbocycles. The lowest BCUT2D eigenvalue weighted by Gasteiger charge is -2.06. The predicted octanol–water partition coefficient (Wildman–Crippen LogP) is 0.221. The van der Waals surface area contributed by atoms with Crippen molar-refractivity contribution in [3.05, 3.63) is 12.1 Å². The minimum absolute atomic E-state index is 0.272. The molecule has 0 unspecified atom stereocenters. The molecule has 0 amide bonds. The number of carbonyl (C=O) groups excluding carboxylic acids is 1. The topological polar surface area (TPSA) is 103 Å². The van der Waals surface area contributed by atoms with Crippen LogP contribution in [0.15, 0.2) is 12.1 Å². The summed E-state index contributed by atoms with van der Waals surface area (Å²) in [5, 5.41) is 2.93. The van der Waals surface area contributed by atoms with Gasteiger partial charge in [0.05, 0.1) is 19.2 Å². The molecule has 6 nitrogen and oxygen atoms in total. The zero-order valence-electron chi connectivity index (χ0n) is 8.49. The Balaban J connectivity index is 2.44. The first kappa shape index (κ1) is 11.1. The predicted molar refractivity (Wildman–Crippen MR) is 58.2 cm³/mol. The van der Waals surface area contributed by atoms with Crippen LogP contribution in [0.5, 0.6) is 0 Å². The fourth-order valence-corrected chi connectivity index (χ4v) is 0.979. The van der Waals surface area contributed by atoms with Crippen molar-refractivity contribution in [3.63, 3.8) is 0 Å². The molecule has 1 aromatic rings. The second-order valence-electron chi connectivity index (χ2n) is 2.92. The molecule has 1 rings (SSSR count). The number of aromatic nitrogens is 1. The highest BCUT2D eigenvalue weighted by molar-refractivity contribution is 5.70. The molecule has 0 radical (unpaired) electrons. The smallest absolute Gasteiger partial charge is 0.307 e. The number of hydrogen-bond acceptors (Lipinski definition) is 6. The summed E-state index contributed by atoms with van der Waals surface area (Å²) in [4.78, 5) is 14.8. The normalized spacial score (nSPS) is 9.67. The van der Waals surface area contributed by atoms with Crippen LogP contribution < -0.4 is 16.8 Å². The summed E-state index contributed by atoms with van der Waals surface area (Å²) in [7, 11) is 1.35. The lowest BCUT2D eigenvalue weighted by molar-refractivity contribution is -0.140. The molecule has 5 N–H and O–H groups in total. The Labute approximate surface area is 87.6 Å². The molecule has 0 bridgehead atoms. The number of esters is 1. The first-order valence-electron chi connectivity index (χ1n) is 4.46. The SMILES string of the molecule is COC(=O)CCNc1ccc(N)c(N)n1. The second-order valence-corrected chi connectivity index (χ2v) is 2.92. The Morgan fingerprint density at radius 1 is 1.53 bits per heavy atom. The monoisotopic (exact) mass is 210 g/mol. The van der Waals surface area contributed by atoms with Crippen molar-refractivity contribution in [2.75, 3.05) is 30.4 Å². The number of hydrogen-bond donors (Lipinski definition) is 3.